The summed E-state index contributed by atoms with van der Waals surface area (Å²) in [4.78, 5) is 0. The Labute approximate surface area is 252 Å². The average molecular weight is 700 g/mol. The maximum absolute atomic E-state index is 6.26. The van der Waals surface area contributed by atoms with Gasteiger partial charge < -0.3 is 34.0 Å². The Morgan fingerprint density at radius 2 is 1.03 bits per heavy atom. The van der Waals surface area contributed by atoms with Crippen molar-refractivity contribution in [2.45, 2.75) is 51.9 Å². The lowest BCUT2D eigenvalue weighted by Gasteiger charge is -2.01. The van der Waals surface area contributed by atoms with Crippen molar-refractivity contribution in [3.63, 3.8) is 0 Å². The molecule has 0 saturated heterocycles. The predicted molar refractivity (Wildman–Crippen MR) is 134 cm³/mol. The quantitative estimate of drug-likeness (QED) is 0.159. The van der Waals surface area contributed by atoms with Crippen molar-refractivity contribution in [1.29, 1.82) is 0 Å². The van der Waals surface area contributed by atoms with Crippen LogP contribution < -0.4 is 43.1 Å². The number of halogens is 6. The second-order valence-electron chi connectivity index (χ2n) is 8.25. The van der Waals surface area contributed by atoms with Gasteiger partial charge in [-0.15, -0.1) is 9.36 Å². The molecule has 4 rings (SSSR count). The topological polar surface area (TPSA) is 43.4 Å². The van der Waals surface area contributed by atoms with Gasteiger partial charge in [0.2, 0.25) is 12.7 Å². The van der Waals surface area contributed by atoms with Crippen LogP contribution in [0.2, 0.25) is 20.1 Å². The Bertz CT molecular complexity index is 1150. The van der Waals surface area contributed by atoms with Crippen molar-refractivity contribution in [1.82, 2.24) is 19.6 Å². The zero-order chi connectivity index (χ0) is 23.9. The van der Waals surface area contributed by atoms with Gasteiger partial charge in [0.1, 0.15) is 13.1 Å². The van der Waals surface area contributed by atoms with Crippen LogP contribution in [0.1, 0.15) is 36.8 Å². The minimum Gasteiger partial charge on any atom is -1.00 e. The third-order valence-corrected chi connectivity index (χ3v) is 6.71. The lowest BCUT2D eigenvalue weighted by Crippen LogP contribution is -3.00. The van der Waals surface area contributed by atoms with Crippen LogP contribution in [0.4, 0.5) is 0 Å². The Kier molecular flexibility index (Phi) is 13.2. The molecule has 0 aliphatic carbocycles. The van der Waals surface area contributed by atoms with E-state index >= 15 is 0 Å². The van der Waals surface area contributed by atoms with Gasteiger partial charge in [-0.2, -0.15) is 0 Å². The minimum absolute atomic E-state index is 0. The summed E-state index contributed by atoms with van der Waals surface area (Å²) in [5, 5.41) is 11.5. The molecular formula is C24H26Br2Cl4N6. The smallest absolute Gasteiger partial charge is 0.265 e. The number of aryl methyl sites for hydroxylation is 2. The predicted octanol–water partition coefficient (Wildman–Crippen LogP) is -0.367. The molecule has 0 bridgehead atoms. The van der Waals surface area contributed by atoms with Crippen LogP contribution in [0.15, 0.2) is 61.7 Å². The van der Waals surface area contributed by atoms with Crippen LogP contribution in [0.3, 0.4) is 0 Å². The summed E-state index contributed by atoms with van der Waals surface area (Å²) in [7, 11) is 0. The molecule has 0 aliphatic rings. The average Bonchev–Trinajstić information content (AvgIpc) is 3.44. The summed E-state index contributed by atoms with van der Waals surface area (Å²) in [6.07, 6.45) is 12.3. The highest BCUT2D eigenvalue weighted by molar-refractivity contribution is 6.35. The molecule has 0 spiro atoms. The zero-order valence-corrected chi connectivity index (χ0v) is 25.6. The van der Waals surface area contributed by atoms with Crippen LogP contribution in [-0.2, 0) is 26.2 Å². The third kappa shape index (κ3) is 9.30. The fraction of sp³-hybridized carbons (Fsp3) is 0.333. The molecule has 4 aromatic rings. The van der Waals surface area contributed by atoms with E-state index in [9.17, 15) is 0 Å². The Hall–Kier alpha value is -1.16. The summed E-state index contributed by atoms with van der Waals surface area (Å²) in [5.74, 6) is 0. The maximum Gasteiger partial charge on any atom is 0.265 e. The Morgan fingerprint density at radius 3 is 1.42 bits per heavy atom. The van der Waals surface area contributed by atoms with Gasteiger partial charge in [-0.25, -0.2) is 9.13 Å². The van der Waals surface area contributed by atoms with Crippen LogP contribution in [0.5, 0.6) is 0 Å². The maximum atomic E-state index is 6.26. The van der Waals surface area contributed by atoms with E-state index in [1.54, 1.807) is 12.1 Å². The molecule has 0 unspecified atom stereocenters. The highest BCUT2D eigenvalue weighted by Crippen LogP contribution is 2.22. The number of benzene rings is 2. The number of aromatic nitrogens is 6. The molecule has 0 saturated carbocycles. The third-order valence-electron chi connectivity index (χ3n) is 5.54. The first kappa shape index (κ1) is 31.1. The molecule has 0 amide bonds. The number of rotatable bonds is 11. The summed E-state index contributed by atoms with van der Waals surface area (Å²) < 4.78 is 8.01. The van der Waals surface area contributed by atoms with Gasteiger partial charge in [0.25, 0.3) is 12.7 Å². The highest BCUT2D eigenvalue weighted by Gasteiger charge is 2.11. The molecule has 0 radical (unpaired) electrons. The van der Waals surface area contributed by atoms with E-state index in [1.807, 2.05) is 58.9 Å². The van der Waals surface area contributed by atoms with Crippen molar-refractivity contribution in [2.24, 2.45) is 0 Å². The van der Waals surface area contributed by atoms with E-state index < -0.39 is 0 Å². The van der Waals surface area contributed by atoms with E-state index in [2.05, 4.69) is 19.3 Å². The molecule has 0 fully saturated rings. The Morgan fingerprint density at radius 1 is 0.611 bits per heavy atom. The van der Waals surface area contributed by atoms with Crippen LogP contribution >= 0.6 is 46.4 Å². The molecule has 2 heterocycles. The molecule has 6 nitrogen and oxygen atoms in total. The molecule has 2 aromatic carbocycles. The lowest BCUT2D eigenvalue weighted by atomic mass is 10.2. The first-order chi connectivity index (χ1) is 16.5. The van der Waals surface area contributed by atoms with E-state index in [0.29, 0.717) is 33.2 Å². The van der Waals surface area contributed by atoms with Gasteiger partial charge in [0.05, 0.1) is 13.1 Å². The summed E-state index contributed by atoms with van der Waals surface area (Å²) in [5.41, 5.74) is 2.00. The van der Waals surface area contributed by atoms with E-state index in [0.717, 1.165) is 49.9 Å². The van der Waals surface area contributed by atoms with E-state index in [1.165, 1.54) is 0 Å². The molecule has 0 aliphatic heterocycles. The summed E-state index contributed by atoms with van der Waals surface area (Å²) >= 11 is 24.5. The van der Waals surface area contributed by atoms with Crippen molar-refractivity contribution in [3.05, 3.63) is 92.9 Å². The SMILES string of the molecule is Clc1ccc(Cn2c[n+](CCCCCC[n+]3cnn(Cc4ccc(Cl)cc4Cl)c3)cn2)c(Cl)c1.[Br-].[Br-]. The molecule has 36 heavy (non-hydrogen) atoms. The van der Waals surface area contributed by atoms with Crippen LogP contribution in [0.25, 0.3) is 0 Å². The van der Waals surface area contributed by atoms with E-state index in [4.69, 9.17) is 46.4 Å². The van der Waals surface area contributed by atoms with Crippen molar-refractivity contribution in [3.8, 4) is 0 Å². The molecule has 2 aromatic heterocycles. The zero-order valence-electron chi connectivity index (χ0n) is 19.4. The van der Waals surface area contributed by atoms with Gasteiger partial charge >= 0.3 is 0 Å². The first-order valence-electron chi connectivity index (χ1n) is 11.2. The van der Waals surface area contributed by atoms with Crippen LogP contribution in [-0.4, -0.2) is 19.6 Å². The standard InChI is InChI=1S/C24H26Cl4N6.2BrH/c25-21-7-5-19(23(27)11-21)13-33-17-31(15-29-33)9-3-1-2-4-10-32-16-30-34(18-32)14-20-6-8-22(26)12-24(20)28;;/h5-8,11-12,15-18H,1-4,9-10,13-14H2;2*1H/q+2;;/p-2. The summed E-state index contributed by atoms with van der Waals surface area (Å²) in [6.45, 7) is 3.14. The number of nitrogens with zero attached hydrogens (tertiary/aromatic N) is 6. The molecular weight excluding hydrogens is 674 g/mol. The molecule has 12 heteroatoms. The van der Waals surface area contributed by atoms with Gasteiger partial charge in [0, 0.05) is 41.4 Å². The van der Waals surface area contributed by atoms with Gasteiger partial charge in [0.15, 0.2) is 0 Å². The number of hydrogen-bond acceptors (Lipinski definition) is 2. The fourth-order valence-electron chi connectivity index (χ4n) is 3.71. The molecule has 0 N–H and O–H groups in total. The second kappa shape index (κ2) is 15.3. The monoisotopic (exact) mass is 696 g/mol. The highest BCUT2D eigenvalue weighted by atomic mass is 79.9. The van der Waals surface area contributed by atoms with Crippen molar-refractivity contribution in [2.75, 3.05) is 0 Å². The lowest BCUT2D eigenvalue weighted by molar-refractivity contribution is -0.699. The minimum atomic E-state index is 0. The van der Waals surface area contributed by atoms with Crippen molar-refractivity contribution >= 4 is 46.4 Å². The van der Waals surface area contributed by atoms with Gasteiger partial charge in [-0.05, 0) is 37.1 Å². The second-order valence-corrected chi connectivity index (χ2v) is 9.94. The molecule has 0 atom stereocenters. The number of hydrogen-bond donors (Lipinski definition) is 0. The van der Waals surface area contributed by atoms with Gasteiger partial charge in [-0.1, -0.05) is 71.4 Å². The molecule has 194 valence electrons. The summed E-state index contributed by atoms with van der Waals surface area (Å²) in [6, 6.07) is 11.1. The van der Waals surface area contributed by atoms with Crippen molar-refractivity contribution < 1.29 is 43.1 Å². The largest absolute Gasteiger partial charge is 1.00 e. The van der Waals surface area contributed by atoms with Crippen LogP contribution in [0, 0.1) is 0 Å². The normalized spacial score (nSPS) is 10.7. The van der Waals surface area contributed by atoms with E-state index in [-0.39, 0.29) is 34.0 Å². The van der Waals surface area contributed by atoms with Gasteiger partial charge in [-0.3, -0.25) is 0 Å². The Balaban J connectivity index is 0.00000228. The number of unbranched alkanes of at least 4 members (excludes halogenated alkanes) is 3. The first-order valence-corrected chi connectivity index (χ1v) is 12.7. The fourth-order valence-corrected chi connectivity index (χ4v) is 4.65.